The molecule has 2 aromatic carbocycles. The molecule has 3 aliphatic rings. The topological polar surface area (TPSA) is 83.6 Å². The zero-order valence-corrected chi connectivity index (χ0v) is 18.2. The summed E-state index contributed by atoms with van der Waals surface area (Å²) in [5.74, 6) is -0.324. The molecule has 1 unspecified atom stereocenters. The number of rotatable bonds is 4. The van der Waals surface area contributed by atoms with Gasteiger partial charge in [0.15, 0.2) is 0 Å². The van der Waals surface area contributed by atoms with Crippen LogP contribution in [0, 0.1) is 0 Å². The molecule has 6 nitrogen and oxygen atoms in total. The quantitative estimate of drug-likeness (QED) is 0.740. The summed E-state index contributed by atoms with van der Waals surface area (Å²) in [6.07, 6.45) is 5.67. The van der Waals surface area contributed by atoms with Crippen LogP contribution in [0.1, 0.15) is 72.6 Å². The fraction of sp³-hybridized carbons (Fsp3) is 0.417. The van der Waals surface area contributed by atoms with E-state index in [-0.39, 0.29) is 17.7 Å². The number of carbonyl (C=O) groups excluding carboxylic acids is 2. The molecule has 2 aromatic rings. The Bertz CT molecular complexity index is 1130. The van der Waals surface area contributed by atoms with Crippen molar-refractivity contribution in [3.8, 4) is 0 Å². The van der Waals surface area contributed by atoms with E-state index in [0.717, 1.165) is 16.7 Å². The van der Waals surface area contributed by atoms with Crippen LogP contribution in [0.3, 0.4) is 0 Å². The Morgan fingerprint density at radius 3 is 2.23 bits per heavy atom. The summed E-state index contributed by atoms with van der Waals surface area (Å²) in [5, 5.41) is 2.39. The first-order chi connectivity index (χ1) is 14.9. The second-order valence-electron chi connectivity index (χ2n) is 8.86. The Hall–Kier alpha value is -2.51. The highest BCUT2D eigenvalue weighted by atomic mass is 32.2. The molecule has 162 valence electrons. The van der Waals surface area contributed by atoms with Gasteiger partial charge in [-0.3, -0.25) is 14.9 Å². The number of carbonyl (C=O) groups is 2. The fourth-order valence-corrected chi connectivity index (χ4v) is 6.50. The van der Waals surface area contributed by atoms with Crippen LogP contribution in [-0.2, 0) is 32.7 Å². The van der Waals surface area contributed by atoms with Gasteiger partial charge in [0.05, 0.1) is 10.8 Å². The van der Waals surface area contributed by atoms with Gasteiger partial charge >= 0.3 is 0 Å². The van der Waals surface area contributed by atoms with Crippen molar-refractivity contribution in [3.05, 3.63) is 64.7 Å². The number of hydrogen-bond donors (Lipinski definition) is 1. The molecule has 5 rings (SSSR count). The van der Waals surface area contributed by atoms with Gasteiger partial charge < -0.3 is 0 Å². The number of piperidine rings is 1. The monoisotopic (exact) mass is 438 g/mol. The van der Waals surface area contributed by atoms with Crippen LogP contribution >= 0.6 is 0 Å². The lowest BCUT2D eigenvalue weighted by atomic mass is 9.89. The summed E-state index contributed by atoms with van der Waals surface area (Å²) >= 11 is 0. The molecule has 1 aliphatic carbocycles. The van der Waals surface area contributed by atoms with Crippen molar-refractivity contribution in [2.75, 3.05) is 0 Å². The highest BCUT2D eigenvalue weighted by Crippen LogP contribution is 2.36. The highest BCUT2D eigenvalue weighted by Gasteiger charge is 2.33. The second kappa shape index (κ2) is 7.88. The van der Waals surface area contributed by atoms with E-state index in [1.54, 1.807) is 12.1 Å². The van der Waals surface area contributed by atoms with E-state index in [4.69, 9.17) is 0 Å². The Morgan fingerprint density at radius 2 is 1.52 bits per heavy atom. The smallest absolute Gasteiger partial charge is 0.243 e. The molecule has 31 heavy (non-hydrogen) atoms. The Labute approximate surface area is 182 Å². The van der Waals surface area contributed by atoms with E-state index in [1.165, 1.54) is 35.6 Å². The first kappa shape index (κ1) is 20.4. The minimum absolute atomic E-state index is 0.237. The third-order valence-corrected chi connectivity index (χ3v) is 8.72. The average molecular weight is 439 g/mol. The van der Waals surface area contributed by atoms with Crippen molar-refractivity contribution in [3.63, 3.8) is 0 Å². The van der Waals surface area contributed by atoms with Crippen LogP contribution in [0.25, 0.3) is 0 Å². The Morgan fingerprint density at radius 1 is 0.839 bits per heavy atom. The van der Waals surface area contributed by atoms with Crippen LogP contribution in [0.2, 0.25) is 0 Å². The molecule has 2 amide bonds. The number of imide groups is 1. The molecule has 1 saturated carbocycles. The van der Waals surface area contributed by atoms with Gasteiger partial charge in [-0.2, -0.15) is 4.31 Å². The number of sulfonamides is 1. The van der Waals surface area contributed by atoms with Gasteiger partial charge in [-0.25, -0.2) is 8.42 Å². The summed E-state index contributed by atoms with van der Waals surface area (Å²) in [5.41, 5.74) is 3.95. The lowest BCUT2D eigenvalue weighted by molar-refractivity contribution is -0.134. The van der Waals surface area contributed by atoms with E-state index in [1.807, 2.05) is 30.3 Å². The molecule has 2 fully saturated rings. The van der Waals surface area contributed by atoms with Crippen molar-refractivity contribution < 1.29 is 18.0 Å². The summed E-state index contributed by atoms with van der Waals surface area (Å²) in [4.78, 5) is 23.9. The largest absolute Gasteiger partial charge is 0.296 e. The Kier molecular flexibility index (Phi) is 5.18. The molecule has 0 bridgehead atoms. The van der Waals surface area contributed by atoms with Crippen LogP contribution in [-0.4, -0.2) is 24.5 Å². The second-order valence-corrected chi connectivity index (χ2v) is 10.8. The number of nitrogens with one attached hydrogen (secondary N) is 1. The molecule has 2 aliphatic heterocycles. The fourth-order valence-electron chi connectivity index (χ4n) is 5.10. The van der Waals surface area contributed by atoms with E-state index in [2.05, 4.69) is 5.32 Å². The summed E-state index contributed by atoms with van der Waals surface area (Å²) in [6, 6.07) is 13.1. The van der Waals surface area contributed by atoms with Crippen molar-refractivity contribution in [2.24, 2.45) is 0 Å². The summed E-state index contributed by atoms with van der Waals surface area (Å²) < 4.78 is 28.0. The van der Waals surface area contributed by atoms with Crippen LogP contribution in [0.5, 0.6) is 0 Å². The van der Waals surface area contributed by atoms with E-state index >= 15 is 0 Å². The highest BCUT2D eigenvalue weighted by molar-refractivity contribution is 7.89. The van der Waals surface area contributed by atoms with Gasteiger partial charge in [0.25, 0.3) is 0 Å². The minimum atomic E-state index is -3.59. The molecule has 0 aromatic heterocycles. The maximum absolute atomic E-state index is 13.2. The normalized spacial score (nSPS) is 22.5. The molecule has 7 heteroatoms. The Balaban J connectivity index is 1.34. The minimum Gasteiger partial charge on any atom is -0.296 e. The van der Waals surface area contributed by atoms with Crippen molar-refractivity contribution in [1.29, 1.82) is 0 Å². The molecule has 0 radical (unpaired) electrons. The van der Waals surface area contributed by atoms with Gasteiger partial charge in [-0.1, -0.05) is 43.2 Å². The maximum atomic E-state index is 13.2. The van der Waals surface area contributed by atoms with Gasteiger partial charge in [0, 0.05) is 19.5 Å². The van der Waals surface area contributed by atoms with Gasteiger partial charge in [-0.15, -0.1) is 0 Å². The van der Waals surface area contributed by atoms with E-state index in [0.29, 0.717) is 36.7 Å². The van der Waals surface area contributed by atoms with Crippen LogP contribution in [0.4, 0.5) is 0 Å². The first-order valence-electron chi connectivity index (χ1n) is 11.0. The van der Waals surface area contributed by atoms with Gasteiger partial charge in [-0.05, 0) is 59.6 Å². The predicted octanol–water partition coefficient (Wildman–Crippen LogP) is 3.57. The van der Waals surface area contributed by atoms with Crippen LogP contribution < -0.4 is 5.32 Å². The van der Waals surface area contributed by atoms with Crippen molar-refractivity contribution in [1.82, 2.24) is 9.62 Å². The number of fused-ring (bicyclic) bond motifs is 1. The van der Waals surface area contributed by atoms with Gasteiger partial charge in [0.2, 0.25) is 21.8 Å². The molecule has 1 atom stereocenters. The molecule has 0 spiro atoms. The molecule has 2 heterocycles. The summed E-state index contributed by atoms with van der Waals surface area (Å²) in [7, 11) is -3.59. The third kappa shape index (κ3) is 3.81. The maximum Gasteiger partial charge on any atom is 0.243 e. The predicted molar refractivity (Wildman–Crippen MR) is 116 cm³/mol. The van der Waals surface area contributed by atoms with E-state index < -0.39 is 10.0 Å². The van der Waals surface area contributed by atoms with E-state index in [9.17, 15) is 18.0 Å². The molecule has 1 N–H and O–H groups in total. The number of nitrogens with zero attached hydrogens (tertiary/aromatic N) is 1. The number of amides is 2. The standard InChI is InChI=1S/C24H26N2O4S/c27-23-12-11-22(24(28)25-23)18-5-6-19-14-26(15-20(19)13-18)31(29,30)21-9-7-17(8-10-21)16-3-1-2-4-16/h5-10,13,16,22H,1-4,11-12,14-15H2,(H,25,27,28). The third-order valence-electron chi connectivity index (χ3n) is 6.91. The zero-order valence-electron chi connectivity index (χ0n) is 17.3. The molecular weight excluding hydrogens is 412 g/mol. The lowest BCUT2D eigenvalue weighted by Crippen LogP contribution is -2.39. The number of benzene rings is 2. The van der Waals surface area contributed by atoms with Gasteiger partial charge in [0.1, 0.15) is 0 Å². The SMILES string of the molecule is O=C1CCC(c2ccc3c(c2)CN(S(=O)(=O)c2ccc(C4CCCC4)cc2)C3)C(=O)N1. The summed E-state index contributed by atoms with van der Waals surface area (Å²) in [6.45, 7) is 0.626. The van der Waals surface area contributed by atoms with Crippen LogP contribution in [0.15, 0.2) is 47.4 Å². The first-order valence-corrected chi connectivity index (χ1v) is 12.4. The average Bonchev–Trinajstić information content (AvgIpc) is 3.44. The van der Waals surface area contributed by atoms with Crippen molar-refractivity contribution in [2.45, 2.75) is 68.3 Å². The molecule has 1 saturated heterocycles. The lowest BCUT2D eigenvalue weighted by Gasteiger charge is -2.21. The zero-order chi connectivity index (χ0) is 21.6. The van der Waals surface area contributed by atoms with Crippen molar-refractivity contribution >= 4 is 21.8 Å². The number of hydrogen-bond acceptors (Lipinski definition) is 4. The molecular formula is C24H26N2O4S.